The van der Waals surface area contributed by atoms with Crippen molar-refractivity contribution in [1.82, 2.24) is 14.4 Å². The molecule has 1 fully saturated rings. The topological polar surface area (TPSA) is 83.7 Å². The molecule has 28 heavy (non-hydrogen) atoms. The fourth-order valence-corrected chi connectivity index (χ4v) is 4.53. The molecule has 2 aromatic rings. The molecule has 0 spiro atoms. The molecule has 1 aromatic carbocycles. The molecule has 0 atom stereocenters. The third kappa shape index (κ3) is 3.76. The largest absolute Gasteiger partial charge is 0.416 e. The van der Waals surface area contributed by atoms with Gasteiger partial charge in [0.25, 0.3) is 5.91 Å². The maximum Gasteiger partial charge on any atom is 0.416 e. The van der Waals surface area contributed by atoms with E-state index in [1.54, 1.807) is 13.8 Å². The fraction of sp³-hybridized carbons (Fsp3) is 0.412. The second-order valence-corrected chi connectivity index (χ2v) is 8.36. The molecule has 11 heteroatoms. The normalized spacial score (nSPS) is 16.4. The molecule has 1 amide bonds. The number of benzene rings is 1. The molecule has 1 aliphatic heterocycles. The van der Waals surface area contributed by atoms with Crippen molar-refractivity contribution >= 4 is 15.9 Å². The average molecular weight is 417 g/mol. The van der Waals surface area contributed by atoms with E-state index in [1.165, 1.54) is 4.90 Å². The summed E-state index contributed by atoms with van der Waals surface area (Å²) in [5.74, 6) is 0.0638. The Morgan fingerprint density at radius 2 is 1.79 bits per heavy atom. The van der Waals surface area contributed by atoms with E-state index in [2.05, 4.69) is 5.16 Å². The summed E-state index contributed by atoms with van der Waals surface area (Å²) in [7, 11) is -4.10. The number of piperazine rings is 1. The summed E-state index contributed by atoms with van der Waals surface area (Å²) in [6, 6.07) is 3.63. The Balaban J connectivity index is 1.75. The van der Waals surface area contributed by atoms with Gasteiger partial charge in [0.15, 0.2) is 0 Å². The molecule has 0 unspecified atom stereocenters. The third-order valence-corrected chi connectivity index (χ3v) is 6.47. The highest BCUT2D eigenvalue weighted by Gasteiger charge is 2.35. The summed E-state index contributed by atoms with van der Waals surface area (Å²) < 4.78 is 70.1. The average Bonchev–Trinajstić information content (AvgIpc) is 2.99. The smallest absolute Gasteiger partial charge is 0.361 e. The molecule has 0 bridgehead atoms. The summed E-state index contributed by atoms with van der Waals surface area (Å²) >= 11 is 0. The van der Waals surface area contributed by atoms with Gasteiger partial charge in [0.2, 0.25) is 10.0 Å². The fourth-order valence-electron chi connectivity index (χ4n) is 3.06. The van der Waals surface area contributed by atoms with E-state index >= 15 is 0 Å². The number of alkyl halides is 3. The number of aromatic nitrogens is 1. The second kappa shape index (κ2) is 7.21. The van der Waals surface area contributed by atoms with Crippen LogP contribution in [-0.2, 0) is 16.2 Å². The first-order chi connectivity index (χ1) is 13.0. The van der Waals surface area contributed by atoms with Crippen molar-refractivity contribution in [3.05, 3.63) is 46.8 Å². The van der Waals surface area contributed by atoms with E-state index in [4.69, 9.17) is 4.52 Å². The SMILES string of the molecule is Cc1noc(C)c1C(=O)N1CCN(S(=O)(=O)c2cccc(C(F)(F)F)c2)CC1. The Labute approximate surface area is 159 Å². The molecule has 0 radical (unpaired) electrons. The van der Waals surface area contributed by atoms with E-state index in [0.717, 1.165) is 22.5 Å². The Kier molecular flexibility index (Phi) is 5.24. The van der Waals surface area contributed by atoms with Crippen molar-refractivity contribution in [1.29, 1.82) is 0 Å². The van der Waals surface area contributed by atoms with Gasteiger partial charge < -0.3 is 9.42 Å². The number of nitrogens with zero attached hydrogens (tertiary/aromatic N) is 3. The van der Waals surface area contributed by atoms with Gasteiger partial charge in [-0.25, -0.2) is 8.42 Å². The van der Waals surface area contributed by atoms with E-state index in [0.29, 0.717) is 23.1 Å². The van der Waals surface area contributed by atoms with Gasteiger partial charge in [-0.2, -0.15) is 17.5 Å². The molecule has 1 saturated heterocycles. The quantitative estimate of drug-likeness (QED) is 0.766. The summed E-state index contributed by atoms with van der Waals surface area (Å²) in [4.78, 5) is 13.7. The molecule has 0 N–H and O–H groups in total. The van der Waals surface area contributed by atoms with Gasteiger partial charge in [-0.1, -0.05) is 11.2 Å². The molecule has 1 aliphatic rings. The van der Waals surface area contributed by atoms with Crippen molar-refractivity contribution in [2.45, 2.75) is 24.9 Å². The van der Waals surface area contributed by atoms with Crippen LogP contribution in [0.25, 0.3) is 0 Å². The van der Waals surface area contributed by atoms with Gasteiger partial charge in [0.05, 0.1) is 16.2 Å². The highest BCUT2D eigenvalue weighted by molar-refractivity contribution is 7.89. The minimum atomic E-state index is -4.63. The lowest BCUT2D eigenvalue weighted by Gasteiger charge is -2.34. The number of carbonyl (C=O) groups is 1. The first kappa shape index (κ1) is 20.3. The lowest BCUT2D eigenvalue weighted by molar-refractivity contribution is -0.137. The summed E-state index contributed by atoms with van der Waals surface area (Å²) in [5, 5.41) is 3.73. The Morgan fingerprint density at radius 1 is 1.14 bits per heavy atom. The summed E-state index contributed by atoms with van der Waals surface area (Å²) in [6.45, 7) is 3.43. The van der Waals surface area contributed by atoms with Gasteiger partial charge >= 0.3 is 6.18 Å². The van der Waals surface area contributed by atoms with Gasteiger partial charge in [0.1, 0.15) is 11.3 Å². The van der Waals surface area contributed by atoms with Crippen molar-refractivity contribution in [3.63, 3.8) is 0 Å². The summed E-state index contributed by atoms with van der Waals surface area (Å²) in [6.07, 6.45) is -4.63. The van der Waals surface area contributed by atoms with Crippen LogP contribution in [0.4, 0.5) is 13.2 Å². The number of aryl methyl sites for hydroxylation is 2. The van der Waals surface area contributed by atoms with Gasteiger partial charge in [0, 0.05) is 26.2 Å². The second-order valence-electron chi connectivity index (χ2n) is 6.42. The Bertz CT molecular complexity index is 974. The predicted octanol–water partition coefficient (Wildman–Crippen LogP) is 2.46. The van der Waals surface area contributed by atoms with Gasteiger partial charge in [-0.05, 0) is 32.0 Å². The van der Waals surface area contributed by atoms with Gasteiger partial charge in [-0.15, -0.1) is 0 Å². The predicted molar refractivity (Wildman–Crippen MR) is 92.1 cm³/mol. The van der Waals surface area contributed by atoms with Crippen molar-refractivity contribution in [2.24, 2.45) is 0 Å². The monoisotopic (exact) mass is 417 g/mol. The lowest BCUT2D eigenvalue weighted by Crippen LogP contribution is -2.50. The number of hydrogen-bond acceptors (Lipinski definition) is 5. The number of halogens is 3. The van der Waals surface area contributed by atoms with E-state index in [9.17, 15) is 26.4 Å². The lowest BCUT2D eigenvalue weighted by atomic mass is 10.1. The first-order valence-corrected chi connectivity index (χ1v) is 9.85. The van der Waals surface area contributed by atoms with Crippen molar-refractivity contribution < 1.29 is 30.9 Å². The summed E-state index contributed by atoms with van der Waals surface area (Å²) in [5.41, 5.74) is -0.239. The van der Waals surface area contributed by atoms with E-state index < -0.39 is 26.7 Å². The molecular weight excluding hydrogens is 399 g/mol. The van der Waals surface area contributed by atoms with E-state index in [-0.39, 0.29) is 32.1 Å². The van der Waals surface area contributed by atoms with Crippen LogP contribution in [0.2, 0.25) is 0 Å². The van der Waals surface area contributed by atoms with Crippen LogP contribution in [0.5, 0.6) is 0 Å². The number of carbonyl (C=O) groups excluding carboxylic acids is 1. The Hall–Kier alpha value is -2.40. The van der Waals surface area contributed by atoms with Crippen LogP contribution in [0.15, 0.2) is 33.7 Å². The van der Waals surface area contributed by atoms with Crippen molar-refractivity contribution in [2.75, 3.05) is 26.2 Å². The maximum absolute atomic E-state index is 12.9. The maximum atomic E-state index is 12.9. The highest BCUT2D eigenvalue weighted by Crippen LogP contribution is 2.31. The molecule has 1 aromatic heterocycles. The zero-order valence-electron chi connectivity index (χ0n) is 15.2. The van der Waals surface area contributed by atoms with Crippen LogP contribution >= 0.6 is 0 Å². The highest BCUT2D eigenvalue weighted by atomic mass is 32.2. The van der Waals surface area contributed by atoms with Crippen LogP contribution < -0.4 is 0 Å². The molecule has 2 heterocycles. The number of hydrogen-bond donors (Lipinski definition) is 0. The molecule has 152 valence electrons. The van der Waals surface area contributed by atoms with Gasteiger partial charge in [-0.3, -0.25) is 4.79 Å². The molecule has 0 saturated carbocycles. The molecule has 3 rings (SSSR count). The minimum Gasteiger partial charge on any atom is -0.361 e. The number of rotatable bonds is 3. The zero-order valence-corrected chi connectivity index (χ0v) is 16.0. The molecule has 7 nitrogen and oxygen atoms in total. The van der Waals surface area contributed by atoms with E-state index in [1.807, 2.05) is 0 Å². The molecular formula is C17H18F3N3O4S. The third-order valence-electron chi connectivity index (χ3n) is 4.57. The number of amides is 1. The molecule has 0 aliphatic carbocycles. The van der Waals surface area contributed by atoms with Crippen LogP contribution in [-0.4, -0.2) is 54.9 Å². The standard InChI is InChI=1S/C17H18F3N3O4S/c1-11-15(12(2)27-21-11)16(24)22-6-8-23(9-7-22)28(25,26)14-5-3-4-13(10-14)17(18,19)20/h3-5,10H,6-9H2,1-2H3. The zero-order chi connectivity index (χ0) is 20.7. The van der Waals surface area contributed by atoms with Crippen LogP contribution in [0.3, 0.4) is 0 Å². The minimum absolute atomic E-state index is 0.0201. The Morgan fingerprint density at radius 3 is 2.32 bits per heavy atom. The first-order valence-electron chi connectivity index (χ1n) is 8.41. The van der Waals surface area contributed by atoms with Crippen molar-refractivity contribution in [3.8, 4) is 0 Å². The number of sulfonamides is 1. The van der Waals surface area contributed by atoms with Crippen LogP contribution in [0, 0.1) is 13.8 Å². The van der Waals surface area contributed by atoms with Crippen LogP contribution in [0.1, 0.15) is 27.4 Å².